The smallest absolute Gasteiger partial charge is 0.308 e. The van der Waals surface area contributed by atoms with Crippen LogP contribution in [-0.2, 0) is 15.6 Å². The number of sulfone groups is 1. The Balaban J connectivity index is 2.33. The average Bonchev–Trinajstić information content (AvgIpc) is 2.32. The molecule has 0 aliphatic carbocycles. The van der Waals surface area contributed by atoms with E-state index in [-0.39, 0.29) is 10.8 Å². The lowest BCUT2D eigenvalue weighted by Crippen LogP contribution is -2.33. The number of benzene rings is 1. The maximum Gasteiger partial charge on any atom is 0.308 e. The predicted molar refractivity (Wildman–Crippen MR) is 67.5 cm³/mol. The van der Waals surface area contributed by atoms with Crippen LogP contribution in [0.25, 0.3) is 0 Å². The molecule has 1 aromatic carbocycles. The lowest BCUT2D eigenvalue weighted by atomic mass is 10.2. The van der Waals surface area contributed by atoms with Gasteiger partial charge in [-0.15, -0.1) is 0 Å². The zero-order valence-corrected chi connectivity index (χ0v) is 10.7. The second kappa shape index (κ2) is 4.78. The van der Waals surface area contributed by atoms with Gasteiger partial charge >= 0.3 is 5.03 Å². The Bertz CT molecular complexity index is 648. The van der Waals surface area contributed by atoms with Gasteiger partial charge in [0.05, 0.1) is 5.75 Å². The maximum atomic E-state index is 12.1. The zero-order chi connectivity index (χ0) is 13.2. The minimum atomic E-state index is -3.61. The van der Waals surface area contributed by atoms with Gasteiger partial charge in [0.15, 0.2) is 6.20 Å². The fourth-order valence-corrected chi connectivity index (χ4v) is 3.03. The number of nitrogens with zero attached hydrogens (tertiary/aromatic N) is 1. The Kier molecular flexibility index (Phi) is 3.34. The molecule has 0 atom stereocenters. The second-order valence-corrected chi connectivity index (χ2v) is 6.05. The van der Waals surface area contributed by atoms with E-state index in [4.69, 9.17) is 0 Å². The summed E-state index contributed by atoms with van der Waals surface area (Å²) in [4.78, 5) is 0. The van der Waals surface area contributed by atoms with Gasteiger partial charge in [-0.2, -0.15) is 4.73 Å². The van der Waals surface area contributed by atoms with Gasteiger partial charge in [-0.3, -0.25) is 0 Å². The van der Waals surface area contributed by atoms with Crippen LogP contribution in [-0.4, -0.2) is 8.42 Å². The summed E-state index contributed by atoms with van der Waals surface area (Å²) in [7, 11) is -3.61. The van der Waals surface area contributed by atoms with E-state index < -0.39 is 9.84 Å². The average molecular weight is 263 g/mol. The summed E-state index contributed by atoms with van der Waals surface area (Å²) in [5.41, 5.74) is 1.74. The summed E-state index contributed by atoms with van der Waals surface area (Å²) in [6.07, 6.45) is 1.18. The number of pyridine rings is 1. The molecule has 4 nitrogen and oxygen atoms in total. The molecule has 1 heterocycles. The molecule has 0 aliphatic rings. The summed E-state index contributed by atoms with van der Waals surface area (Å²) < 4.78 is 24.6. The molecule has 0 spiro atoms. The van der Waals surface area contributed by atoms with E-state index in [2.05, 4.69) is 0 Å². The molecule has 1 aromatic heterocycles. The van der Waals surface area contributed by atoms with Crippen molar-refractivity contribution in [2.24, 2.45) is 0 Å². The minimum absolute atomic E-state index is 0.167. The number of rotatable bonds is 3. The Morgan fingerprint density at radius 1 is 1.11 bits per heavy atom. The molecule has 0 bridgehead atoms. The molecule has 0 unspecified atom stereocenters. The van der Waals surface area contributed by atoms with Crippen LogP contribution in [0.5, 0.6) is 0 Å². The highest BCUT2D eigenvalue weighted by Gasteiger charge is 2.23. The van der Waals surface area contributed by atoms with Gasteiger partial charge < -0.3 is 5.21 Å². The van der Waals surface area contributed by atoms with Crippen molar-refractivity contribution in [1.29, 1.82) is 0 Å². The highest BCUT2D eigenvalue weighted by molar-refractivity contribution is 7.90. The van der Waals surface area contributed by atoms with Gasteiger partial charge in [-0.25, -0.2) is 8.42 Å². The minimum Gasteiger partial charge on any atom is -0.618 e. The van der Waals surface area contributed by atoms with Crippen molar-refractivity contribution in [3.63, 3.8) is 0 Å². The van der Waals surface area contributed by atoms with Crippen molar-refractivity contribution >= 4 is 9.84 Å². The predicted octanol–water partition coefficient (Wildman–Crippen LogP) is 1.60. The summed E-state index contributed by atoms with van der Waals surface area (Å²) in [6.45, 7) is 1.93. The molecule has 0 fully saturated rings. The summed E-state index contributed by atoms with van der Waals surface area (Å²) in [5.74, 6) is -0.167. The van der Waals surface area contributed by atoms with Crippen LogP contribution in [0.2, 0.25) is 0 Å². The van der Waals surface area contributed by atoms with Crippen molar-refractivity contribution in [2.75, 3.05) is 0 Å². The monoisotopic (exact) mass is 263 g/mol. The molecule has 18 heavy (non-hydrogen) atoms. The largest absolute Gasteiger partial charge is 0.618 e. The molecule has 94 valence electrons. The quantitative estimate of drug-likeness (QED) is 0.624. The number of hydrogen-bond acceptors (Lipinski definition) is 3. The highest BCUT2D eigenvalue weighted by atomic mass is 32.2. The van der Waals surface area contributed by atoms with Crippen LogP contribution in [0.3, 0.4) is 0 Å². The van der Waals surface area contributed by atoms with Crippen LogP contribution < -0.4 is 4.73 Å². The van der Waals surface area contributed by atoms with E-state index in [9.17, 15) is 13.6 Å². The van der Waals surface area contributed by atoms with E-state index in [0.29, 0.717) is 10.3 Å². The first-order valence-electron chi connectivity index (χ1n) is 5.45. The molecule has 0 amide bonds. The SMILES string of the molecule is Cc1ccc(CS(=O)(=O)c2cccc[n+]2[O-])cc1. The molecule has 0 saturated heterocycles. The molecule has 0 radical (unpaired) electrons. The molecular weight excluding hydrogens is 250 g/mol. The number of aryl methyl sites for hydroxylation is 1. The number of aromatic nitrogens is 1. The van der Waals surface area contributed by atoms with E-state index >= 15 is 0 Å². The summed E-state index contributed by atoms with van der Waals surface area (Å²) in [5, 5.41) is 11.2. The molecule has 0 saturated carbocycles. The first-order chi connectivity index (χ1) is 8.49. The fourth-order valence-electron chi connectivity index (χ4n) is 1.63. The molecule has 5 heteroatoms. The van der Waals surface area contributed by atoms with Crippen molar-refractivity contribution in [3.8, 4) is 0 Å². The lowest BCUT2D eigenvalue weighted by molar-refractivity contribution is -0.646. The highest BCUT2D eigenvalue weighted by Crippen LogP contribution is 2.13. The fraction of sp³-hybridized carbons (Fsp3) is 0.154. The van der Waals surface area contributed by atoms with E-state index in [0.717, 1.165) is 5.56 Å². The third-order valence-corrected chi connectivity index (χ3v) is 4.25. The Labute approximate surface area is 106 Å². The topological polar surface area (TPSA) is 61.1 Å². The second-order valence-electron chi connectivity index (χ2n) is 4.11. The molecule has 0 N–H and O–H groups in total. The van der Waals surface area contributed by atoms with Gasteiger partial charge in [-0.1, -0.05) is 29.8 Å². The van der Waals surface area contributed by atoms with Crippen molar-refractivity contribution in [2.45, 2.75) is 17.7 Å². The number of hydrogen-bond donors (Lipinski definition) is 0. The maximum absolute atomic E-state index is 12.1. The van der Waals surface area contributed by atoms with E-state index in [1.54, 1.807) is 12.1 Å². The van der Waals surface area contributed by atoms with Crippen molar-refractivity contribution < 1.29 is 13.1 Å². The van der Waals surface area contributed by atoms with Gasteiger partial charge in [0.25, 0.3) is 0 Å². The summed E-state index contributed by atoms with van der Waals surface area (Å²) in [6, 6.07) is 11.6. The molecular formula is C13H13NO3S. The first kappa shape index (κ1) is 12.6. The molecule has 0 aliphatic heterocycles. The Morgan fingerprint density at radius 2 is 1.78 bits per heavy atom. The van der Waals surface area contributed by atoms with E-state index in [1.165, 1.54) is 24.4 Å². The van der Waals surface area contributed by atoms with Gasteiger partial charge in [0.1, 0.15) is 0 Å². The van der Waals surface area contributed by atoms with Crippen LogP contribution in [0.15, 0.2) is 53.7 Å². The van der Waals surface area contributed by atoms with Gasteiger partial charge in [0.2, 0.25) is 9.84 Å². The normalized spacial score (nSPS) is 11.4. The zero-order valence-electron chi connectivity index (χ0n) is 9.91. The Hall–Kier alpha value is -1.88. The van der Waals surface area contributed by atoms with Gasteiger partial charge in [0, 0.05) is 12.1 Å². The van der Waals surface area contributed by atoms with Crippen molar-refractivity contribution in [1.82, 2.24) is 0 Å². The third-order valence-electron chi connectivity index (χ3n) is 2.58. The van der Waals surface area contributed by atoms with Crippen molar-refractivity contribution in [3.05, 3.63) is 65.0 Å². The first-order valence-corrected chi connectivity index (χ1v) is 7.11. The summed E-state index contributed by atoms with van der Waals surface area (Å²) >= 11 is 0. The van der Waals surface area contributed by atoms with E-state index in [1.807, 2.05) is 19.1 Å². The standard InChI is InChI=1S/C13H13NO3S/c1-11-5-7-12(8-6-11)10-18(16,17)13-4-2-3-9-14(13)15/h2-9H,10H2,1H3. The molecule has 2 rings (SSSR count). The third kappa shape index (κ3) is 2.68. The lowest BCUT2D eigenvalue weighted by Gasteiger charge is -2.05. The van der Waals surface area contributed by atoms with Gasteiger partial charge in [-0.05, 0) is 18.6 Å². The van der Waals surface area contributed by atoms with Crippen LogP contribution in [0.1, 0.15) is 11.1 Å². The van der Waals surface area contributed by atoms with Crippen LogP contribution in [0, 0.1) is 12.1 Å². The Morgan fingerprint density at radius 3 is 2.39 bits per heavy atom. The van der Waals surface area contributed by atoms with Crippen LogP contribution in [0.4, 0.5) is 0 Å². The van der Waals surface area contributed by atoms with Crippen LogP contribution >= 0.6 is 0 Å². The molecule has 2 aromatic rings.